The minimum Gasteiger partial charge on any atom is -0.493 e. The molecule has 0 aliphatic carbocycles. The van der Waals surface area contributed by atoms with E-state index in [9.17, 15) is 4.79 Å². The fraction of sp³-hybridized carbons (Fsp3) is 0.353. The Labute approximate surface area is 154 Å². The second kappa shape index (κ2) is 8.26. The summed E-state index contributed by atoms with van der Waals surface area (Å²) in [7, 11) is 7.82. The van der Waals surface area contributed by atoms with Crippen molar-refractivity contribution < 1.29 is 23.7 Å². The van der Waals surface area contributed by atoms with E-state index in [2.05, 4.69) is 26.2 Å². The number of hydrogen-bond acceptors (Lipinski definition) is 6. The van der Waals surface area contributed by atoms with Gasteiger partial charge in [0, 0.05) is 23.4 Å². The van der Waals surface area contributed by atoms with E-state index in [-0.39, 0.29) is 0 Å². The van der Waals surface area contributed by atoms with Gasteiger partial charge in [0.1, 0.15) is 5.69 Å². The number of rotatable bonds is 7. The predicted molar refractivity (Wildman–Crippen MR) is 97.7 cm³/mol. The number of H-pyrrole nitrogens is 1. The molecule has 0 atom stereocenters. The molecule has 2 rings (SSSR count). The number of halogens is 1. The lowest BCUT2D eigenvalue weighted by atomic mass is 10.0. The quantitative estimate of drug-likeness (QED) is 0.680. The molecule has 7 nitrogen and oxygen atoms in total. The highest BCUT2D eigenvalue weighted by atomic mass is 79.9. The fourth-order valence-electron chi connectivity index (χ4n) is 2.66. The van der Waals surface area contributed by atoms with Crippen LogP contribution in [0.15, 0.2) is 16.6 Å². The SMILES string of the molecule is CNCc1[nH]c(C(=O)OC)c(Br)c1-c1ccc(OC)c(OC)c1OC. The van der Waals surface area contributed by atoms with Crippen LogP contribution in [0.25, 0.3) is 11.1 Å². The Morgan fingerprint density at radius 1 is 1.12 bits per heavy atom. The molecule has 0 aliphatic heterocycles. The lowest BCUT2D eigenvalue weighted by Gasteiger charge is -2.16. The van der Waals surface area contributed by atoms with Crippen LogP contribution in [0.4, 0.5) is 0 Å². The lowest BCUT2D eigenvalue weighted by molar-refractivity contribution is 0.0593. The minimum absolute atomic E-state index is 0.333. The Balaban J connectivity index is 2.77. The highest BCUT2D eigenvalue weighted by molar-refractivity contribution is 9.10. The Morgan fingerprint density at radius 2 is 1.80 bits per heavy atom. The van der Waals surface area contributed by atoms with Crippen LogP contribution in [-0.2, 0) is 11.3 Å². The molecule has 0 radical (unpaired) electrons. The minimum atomic E-state index is -0.463. The number of aromatic amines is 1. The van der Waals surface area contributed by atoms with Crippen molar-refractivity contribution in [1.29, 1.82) is 0 Å². The van der Waals surface area contributed by atoms with Crippen molar-refractivity contribution in [1.82, 2.24) is 10.3 Å². The molecule has 0 unspecified atom stereocenters. The standard InChI is InChI=1S/C17H21BrN2O5/c1-19-8-10-12(13(18)14(20-10)17(21)25-5)9-6-7-11(22-2)16(24-4)15(9)23-3/h6-7,19-20H,8H2,1-5H3. The van der Waals surface area contributed by atoms with Crippen LogP contribution in [0, 0.1) is 0 Å². The van der Waals surface area contributed by atoms with Gasteiger partial charge in [0.15, 0.2) is 11.5 Å². The van der Waals surface area contributed by atoms with E-state index in [1.165, 1.54) is 7.11 Å². The molecule has 1 aromatic heterocycles. The topological polar surface area (TPSA) is 81.8 Å². The average Bonchev–Trinajstić information content (AvgIpc) is 2.95. The molecule has 0 aliphatic rings. The first kappa shape index (κ1) is 19.1. The fourth-order valence-corrected chi connectivity index (χ4v) is 3.37. The molecule has 1 heterocycles. The number of hydrogen-bond donors (Lipinski definition) is 2. The maximum absolute atomic E-state index is 12.0. The van der Waals surface area contributed by atoms with Crippen LogP contribution in [0.1, 0.15) is 16.2 Å². The summed E-state index contributed by atoms with van der Waals surface area (Å²) in [6.45, 7) is 0.516. The van der Waals surface area contributed by atoms with E-state index >= 15 is 0 Å². The van der Waals surface area contributed by atoms with Gasteiger partial charge in [-0.3, -0.25) is 0 Å². The summed E-state index contributed by atoms with van der Waals surface area (Å²) < 4.78 is 21.8. The molecule has 0 spiro atoms. The maximum atomic E-state index is 12.0. The number of ether oxygens (including phenoxy) is 4. The van der Waals surface area contributed by atoms with E-state index in [1.54, 1.807) is 27.4 Å². The van der Waals surface area contributed by atoms with Crippen LogP contribution in [-0.4, -0.2) is 46.4 Å². The van der Waals surface area contributed by atoms with Crippen molar-refractivity contribution in [2.24, 2.45) is 0 Å². The number of benzene rings is 1. The molecular formula is C17H21BrN2O5. The first-order valence-corrected chi connectivity index (χ1v) is 8.25. The molecule has 2 aromatic rings. The van der Waals surface area contributed by atoms with Gasteiger partial charge in [-0.15, -0.1) is 0 Å². The number of methoxy groups -OCH3 is 4. The summed E-state index contributed by atoms with van der Waals surface area (Å²) >= 11 is 3.51. The number of nitrogens with one attached hydrogen (secondary N) is 2. The number of aromatic nitrogens is 1. The first-order chi connectivity index (χ1) is 12.0. The van der Waals surface area contributed by atoms with E-state index < -0.39 is 5.97 Å². The second-order valence-electron chi connectivity index (χ2n) is 5.07. The number of carbonyl (C=O) groups is 1. The van der Waals surface area contributed by atoms with E-state index in [1.807, 2.05) is 13.1 Å². The Kier molecular flexibility index (Phi) is 6.33. The third-order valence-electron chi connectivity index (χ3n) is 3.73. The predicted octanol–water partition coefficient (Wildman–Crippen LogP) is 2.98. The van der Waals surface area contributed by atoms with E-state index in [0.717, 1.165) is 16.8 Å². The summed E-state index contributed by atoms with van der Waals surface area (Å²) in [5.41, 5.74) is 2.68. The molecule has 8 heteroatoms. The molecule has 0 bridgehead atoms. The van der Waals surface area contributed by atoms with Gasteiger partial charge in [0.2, 0.25) is 5.75 Å². The number of esters is 1. The molecule has 25 heavy (non-hydrogen) atoms. The number of carbonyl (C=O) groups excluding carboxylic acids is 1. The van der Waals surface area contributed by atoms with Gasteiger partial charge in [-0.25, -0.2) is 4.79 Å². The molecule has 0 fully saturated rings. The zero-order chi connectivity index (χ0) is 18.6. The zero-order valence-electron chi connectivity index (χ0n) is 14.8. The van der Waals surface area contributed by atoms with Crippen molar-refractivity contribution in [2.75, 3.05) is 35.5 Å². The summed E-state index contributed by atoms with van der Waals surface area (Å²) in [6.07, 6.45) is 0. The highest BCUT2D eigenvalue weighted by Gasteiger charge is 2.26. The Bertz CT molecular complexity index is 773. The molecule has 0 saturated carbocycles. The molecule has 2 N–H and O–H groups in total. The summed E-state index contributed by atoms with van der Waals surface area (Å²) in [4.78, 5) is 15.1. The Morgan fingerprint density at radius 3 is 2.32 bits per heavy atom. The molecule has 136 valence electrons. The molecule has 0 saturated heterocycles. The van der Waals surface area contributed by atoms with Crippen molar-refractivity contribution in [3.8, 4) is 28.4 Å². The smallest absolute Gasteiger partial charge is 0.355 e. The zero-order valence-corrected chi connectivity index (χ0v) is 16.4. The van der Waals surface area contributed by atoms with Gasteiger partial charge in [-0.05, 0) is 35.1 Å². The third-order valence-corrected chi connectivity index (χ3v) is 4.53. The normalized spacial score (nSPS) is 10.5. The molecule has 0 amide bonds. The van der Waals surface area contributed by atoms with Gasteiger partial charge >= 0.3 is 5.97 Å². The van der Waals surface area contributed by atoms with Gasteiger partial charge in [-0.2, -0.15) is 0 Å². The first-order valence-electron chi connectivity index (χ1n) is 7.46. The monoisotopic (exact) mass is 412 g/mol. The average molecular weight is 413 g/mol. The molecule has 1 aromatic carbocycles. The van der Waals surface area contributed by atoms with Crippen LogP contribution < -0.4 is 19.5 Å². The molecular weight excluding hydrogens is 392 g/mol. The van der Waals surface area contributed by atoms with Gasteiger partial charge in [0.25, 0.3) is 0 Å². The maximum Gasteiger partial charge on any atom is 0.355 e. The summed E-state index contributed by atoms with van der Waals surface area (Å²) in [5.74, 6) is 1.08. The summed E-state index contributed by atoms with van der Waals surface area (Å²) in [6, 6.07) is 3.64. The largest absolute Gasteiger partial charge is 0.493 e. The van der Waals surface area contributed by atoms with Crippen LogP contribution in [0.3, 0.4) is 0 Å². The summed E-state index contributed by atoms with van der Waals surface area (Å²) in [5, 5.41) is 3.08. The third kappa shape index (κ3) is 3.45. The highest BCUT2D eigenvalue weighted by Crippen LogP contribution is 2.47. The van der Waals surface area contributed by atoms with Gasteiger partial charge in [0.05, 0.1) is 32.9 Å². The van der Waals surface area contributed by atoms with Crippen molar-refractivity contribution in [2.45, 2.75) is 6.54 Å². The second-order valence-corrected chi connectivity index (χ2v) is 5.86. The van der Waals surface area contributed by atoms with Crippen molar-refractivity contribution in [3.05, 3.63) is 28.0 Å². The van der Waals surface area contributed by atoms with Crippen LogP contribution in [0.5, 0.6) is 17.2 Å². The van der Waals surface area contributed by atoms with E-state index in [0.29, 0.717) is 34.0 Å². The Hall–Kier alpha value is -2.19. The van der Waals surface area contributed by atoms with Crippen molar-refractivity contribution in [3.63, 3.8) is 0 Å². The van der Waals surface area contributed by atoms with E-state index in [4.69, 9.17) is 18.9 Å². The van der Waals surface area contributed by atoms with Crippen LogP contribution >= 0.6 is 15.9 Å². The van der Waals surface area contributed by atoms with Crippen LogP contribution in [0.2, 0.25) is 0 Å². The van der Waals surface area contributed by atoms with Gasteiger partial charge < -0.3 is 29.2 Å². The van der Waals surface area contributed by atoms with Crippen molar-refractivity contribution >= 4 is 21.9 Å². The van der Waals surface area contributed by atoms with Gasteiger partial charge in [-0.1, -0.05) is 0 Å². The lowest BCUT2D eigenvalue weighted by Crippen LogP contribution is -2.08.